The molecule has 0 radical (unpaired) electrons. The van der Waals surface area contributed by atoms with Gasteiger partial charge in [-0.15, -0.1) is 0 Å². The molecule has 1 aliphatic heterocycles. The van der Waals surface area contributed by atoms with Gasteiger partial charge in [-0.2, -0.15) is 0 Å². The highest BCUT2D eigenvalue weighted by molar-refractivity contribution is 5.94. The predicted molar refractivity (Wildman–Crippen MR) is 62.2 cm³/mol. The number of carbonyl (C=O) groups is 1. The minimum Gasteiger partial charge on any atom is -0.390 e. The molecule has 0 bridgehead atoms. The topological polar surface area (TPSA) is 40.5 Å². The lowest BCUT2D eigenvalue weighted by Gasteiger charge is -2.35. The maximum Gasteiger partial charge on any atom is 0.253 e. The molecule has 2 rings (SSSR count). The fourth-order valence-corrected chi connectivity index (χ4v) is 1.97. The lowest BCUT2D eigenvalue weighted by molar-refractivity contribution is -0.00202. The van der Waals surface area contributed by atoms with Crippen LogP contribution in [-0.4, -0.2) is 34.6 Å². The average Bonchev–Trinajstić information content (AvgIpc) is 2.29. The van der Waals surface area contributed by atoms with Crippen LogP contribution in [0.25, 0.3) is 0 Å². The number of halogens is 1. The van der Waals surface area contributed by atoms with Gasteiger partial charge in [0.2, 0.25) is 0 Å². The summed E-state index contributed by atoms with van der Waals surface area (Å²) in [6.07, 6.45) is 1.17. The van der Waals surface area contributed by atoms with E-state index in [1.807, 2.05) is 0 Å². The molecule has 17 heavy (non-hydrogen) atoms. The summed E-state index contributed by atoms with van der Waals surface area (Å²) in [6.45, 7) is 2.87. The van der Waals surface area contributed by atoms with Crippen LogP contribution in [0.3, 0.4) is 0 Å². The molecular formula is C13H16FNO2. The second-order valence-electron chi connectivity index (χ2n) is 4.80. The molecule has 0 unspecified atom stereocenters. The number of carbonyl (C=O) groups excluding carboxylic acids is 1. The zero-order valence-corrected chi connectivity index (χ0v) is 9.82. The molecule has 4 heteroatoms. The van der Waals surface area contributed by atoms with E-state index in [2.05, 4.69) is 0 Å². The van der Waals surface area contributed by atoms with E-state index in [-0.39, 0.29) is 11.7 Å². The van der Waals surface area contributed by atoms with Crippen LogP contribution >= 0.6 is 0 Å². The molecule has 92 valence electrons. The van der Waals surface area contributed by atoms with Gasteiger partial charge in [0.1, 0.15) is 5.82 Å². The van der Waals surface area contributed by atoms with Gasteiger partial charge in [-0.25, -0.2) is 4.39 Å². The Morgan fingerprint density at radius 1 is 1.29 bits per heavy atom. The van der Waals surface area contributed by atoms with Crippen LogP contribution in [0.5, 0.6) is 0 Å². The molecule has 0 aromatic heterocycles. The zero-order valence-electron chi connectivity index (χ0n) is 9.82. The summed E-state index contributed by atoms with van der Waals surface area (Å²) >= 11 is 0. The highest BCUT2D eigenvalue weighted by Gasteiger charge is 2.29. The van der Waals surface area contributed by atoms with Crippen molar-refractivity contribution in [1.82, 2.24) is 4.90 Å². The van der Waals surface area contributed by atoms with Crippen LogP contribution in [0.1, 0.15) is 30.1 Å². The van der Waals surface area contributed by atoms with Gasteiger partial charge in [-0.3, -0.25) is 4.79 Å². The first kappa shape index (κ1) is 12.0. The number of amides is 1. The van der Waals surface area contributed by atoms with Gasteiger partial charge < -0.3 is 10.0 Å². The maximum atomic E-state index is 12.7. The second-order valence-corrected chi connectivity index (χ2v) is 4.80. The monoisotopic (exact) mass is 237 g/mol. The first-order chi connectivity index (χ1) is 7.98. The first-order valence-corrected chi connectivity index (χ1v) is 5.75. The fourth-order valence-electron chi connectivity index (χ4n) is 1.97. The summed E-state index contributed by atoms with van der Waals surface area (Å²) in [4.78, 5) is 13.7. The van der Waals surface area contributed by atoms with Gasteiger partial charge in [-0.1, -0.05) is 0 Å². The number of hydrogen-bond acceptors (Lipinski definition) is 2. The molecule has 0 spiro atoms. The van der Waals surface area contributed by atoms with Crippen molar-refractivity contribution in [1.29, 1.82) is 0 Å². The quantitative estimate of drug-likeness (QED) is 0.809. The van der Waals surface area contributed by atoms with Crippen LogP contribution in [0.2, 0.25) is 0 Å². The van der Waals surface area contributed by atoms with Crippen LogP contribution in [0, 0.1) is 5.82 Å². The standard InChI is InChI=1S/C13H16FNO2/c1-13(17)6-8-15(9-7-13)12(16)10-2-4-11(14)5-3-10/h2-5,17H,6-9H2,1H3. The minimum absolute atomic E-state index is 0.0968. The number of hydrogen-bond donors (Lipinski definition) is 1. The van der Waals surface area contributed by atoms with E-state index in [1.165, 1.54) is 24.3 Å². The summed E-state index contributed by atoms with van der Waals surface area (Å²) in [5.74, 6) is -0.441. The highest BCUT2D eigenvalue weighted by Crippen LogP contribution is 2.22. The van der Waals surface area contributed by atoms with Crippen molar-refractivity contribution in [2.45, 2.75) is 25.4 Å². The van der Waals surface area contributed by atoms with Crippen molar-refractivity contribution in [3.63, 3.8) is 0 Å². The van der Waals surface area contributed by atoms with Crippen molar-refractivity contribution in [3.8, 4) is 0 Å². The van der Waals surface area contributed by atoms with Crippen molar-refractivity contribution in [3.05, 3.63) is 35.6 Å². The number of nitrogens with zero attached hydrogens (tertiary/aromatic N) is 1. The molecule has 1 N–H and O–H groups in total. The lowest BCUT2D eigenvalue weighted by Crippen LogP contribution is -2.45. The van der Waals surface area contributed by atoms with E-state index >= 15 is 0 Å². The summed E-state index contributed by atoms with van der Waals surface area (Å²) < 4.78 is 12.7. The van der Waals surface area contributed by atoms with Crippen LogP contribution in [0.4, 0.5) is 4.39 Å². The lowest BCUT2D eigenvalue weighted by atomic mass is 9.93. The molecule has 1 aromatic rings. The number of likely N-dealkylation sites (tertiary alicyclic amines) is 1. The number of rotatable bonds is 1. The number of aliphatic hydroxyl groups is 1. The van der Waals surface area contributed by atoms with Gasteiger partial charge >= 0.3 is 0 Å². The fraction of sp³-hybridized carbons (Fsp3) is 0.462. The molecule has 0 aliphatic carbocycles. The van der Waals surface area contributed by atoms with Gasteiger partial charge in [0.25, 0.3) is 5.91 Å². The number of piperidine rings is 1. The Labute approximate surface area is 99.9 Å². The maximum absolute atomic E-state index is 12.7. The summed E-state index contributed by atoms with van der Waals surface area (Å²) in [7, 11) is 0. The van der Waals surface area contributed by atoms with Crippen molar-refractivity contribution in [2.24, 2.45) is 0 Å². The van der Waals surface area contributed by atoms with Gasteiger partial charge in [-0.05, 0) is 44.0 Å². The van der Waals surface area contributed by atoms with E-state index in [4.69, 9.17) is 0 Å². The summed E-state index contributed by atoms with van der Waals surface area (Å²) in [5.41, 5.74) is -0.174. The van der Waals surface area contributed by atoms with Crippen molar-refractivity contribution in [2.75, 3.05) is 13.1 Å². The normalized spacial score (nSPS) is 19.1. The van der Waals surface area contributed by atoms with E-state index in [9.17, 15) is 14.3 Å². The molecule has 1 heterocycles. The third-order valence-corrected chi connectivity index (χ3v) is 3.22. The van der Waals surface area contributed by atoms with E-state index < -0.39 is 5.60 Å². The Kier molecular flexibility index (Phi) is 3.15. The summed E-state index contributed by atoms with van der Waals surface area (Å²) in [5, 5.41) is 9.79. The molecule has 1 fully saturated rings. The molecule has 1 aliphatic rings. The Morgan fingerprint density at radius 3 is 2.35 bits per heavy atom. The van der Waals surface area contributed by atoms with Crippen LogP contribution in [-0.2, 0) is 0 Å². The Hall–Kier alpha value is -1.42. The zero-order chi connectivity index (χ0) is 12.5. The molecule has 0 atom stereocenters. The molecule has 1 aromatic carbocycles. The summed E-state index contributed by atoms with van der Waals surface area (Å²) in [6, 6.07) is 5.55. The Bertz CT molecular complexity index is 404. The van der Waals surface area contributed by atoms with E-state index in [0.717, 1.165) is 0 Å². The minimum atomic E-state index is -0.667. The molecule has 0 saturated carbocycles. The third-order valence-electron chi connectivity index (χ3n) is 3.22. The van der Waals surface area contributed by atoms with E-state index in [0.29, 0.717) is 31.5 Å². The smallest absolute Gasteiger partial charge is 0.253 e. The highest BCUT2D eigenvalue weighted by atomic mass is 19.1. The SMILES string of the molecule is CC1(O)CCN(C(=O)c2ccc(F)cc2)CC1. The third kappa shape index (κ3) is 2.82. The molecular weight excluding hydrogens is 221 g/mol. The largest absolute Gasteiger partial charge is 0.390 e. The van der Waals surface area contributed by atoms with Gasteiger partial charge in [0, 0.05) is 18.7 Å². The average molecular weight is 237 g/mol. The van der Waals surface area contributed by atoms with Crippen molar-refractivity contribution >= 4 is 5.91 Å². The molecule has 3 nitrogen and oxygen atoms in total. The molecule has 1 saturated heterocycles. The second kappa shape index (κ2) is 4.45. The van der Waals surface area contributed by atoms with Crippen LogP contribution in [0.15, 0.2) is 24.3 Å². The van der Waals surface area contributed by atoms with Crippen LogP contribution < -0.4 is 0 Å². The molecule has 1 amide bonds. The van der Waals surface area contributed by atoms with Gasteiger partial charge in [0.15, 0.2) is 0 Å². The number of benzene rings is 1. The predicted octanol–water partition coefficient (Wildman–Crippen LogP) is 1.81. The Balaban J connectivity index is 2.04. The van der Waals surface area contributed by atoms with Crippen molar-refractivity contribution < 1.29 is 14.3 Å². The van der Waals surface area contributed by atoms with E-state index in [1.54, 1.807) is 11.8 Å². The Morgan fingerprint density at radius 2 is 1.82 bits per heavy atom. The first-order valence-electron chi connectivity index (χ1n) is 5.75. The van der Waals surface area contributed by atoms with Gasteiger partial charge in [0.05, 0.1) is 5.60 Å².